The number of anilines is 2. The smallest absolute Gasteiger partial charge is 0.294 e. The van der Waals surface area contributed by atoms with E-state index in [4.69, 9.17) is 25.5 Å². The lowest BCUT2D eigenvalue weighted by Gasteiger charge is -2.27. The largest absolute Gasteiger partial charge is 0.503 e. The summed E-state index contributed by atoms with van der Waals surface area (Å²) < 4.78 is 16.6. The number of methoxy groups -OCH3 is 2. The lowest BCUT2D eigenvalue weighted by atomic mass is 9.94. The Bertz CT molecular complexity index is 1590. The summed E-state index contributed by atoms with van der Waals surface area (Å²) in [5.41, 5.74) is 2.33. The highest BCUT2D eigenvalue weighted by Gasteiger charge is 2.45. The number of carbonyl (C=O) groups excluding carboxylic acids is 2. The summed E-state index contributed by atoms with van der Waals surface area (Å²) in [6.45, 7) is 0. The molecule has 5 rings (SSSR count). The summed E-state index contributed by atoms with van der Waals surface area (Å²) in [4.78, 5) is 30.7. The molecular weight excluding hydrogens is 508 g/mol. The third-order valence-corrected chi connectivity index (χ3v) is 6.76. The monoisotopic (exact) mass is 532 g/mol. The number of aliphatic hydroxyl groups excluding tert-OH is 1. The van der Waals surface area contributed by atoms with Crippen LogP contribution in [0.3, 0.4) is 0 Å². The Hall–Kier alpha value is -4.43. The number of fused-ring (bicyclic) bond motifs is 1. The van der Waals surface area contributed by atoms with Crippen molar-refractivity contribution in [1.82, 2.24) is 0 Å². The SMILES string of the molecule is COc1ccc(C2C(C(=O)c3cc4cc(Cl)ccc4o3)=C(O)C(=O)N2c2ccc(N(C)C)cc2)cc1OC. The standard InChI is InChI=1S/C29H25ClN2O6/c1-31(2)19-7-9-20(10-8-19)32-26(16-5-11-22(36-3)23(14-16)37-4)25(28(34)29(32)35)27(33)24-15-17-13-18(30)6-12-21(17)38-24/h5-15,26,34H,1-4H3. The van der Waals surface area contributed by atoms with Crippen molar-refractivity contribution in [2.45, 2.75) is 6.04 Å². The number of furan rings is 1. The molecule has 1 N–H and O–H groups in total. The van der Waals surface area contributed by atoms with E-state index < -0.39 is 23.5 Å². The first-order valence-electron chi connectivity index (χ1n) is 11.7. The predicted octanol–water partition coefficient (Wildman–Crippen LogP) is 5.95. The van der Waals surface area contributed by atoms with Crippen molar-refractivity contribution in [1.29, 1.82) is 0 Å². The van der Waals surface area contributed by atoms with Crippen LogP contribution in [0.2, 0.25) is 5.02 Å². The lowest BCUT2D eigenvalue weighted by molar-refractivity contribution is -0.117. The summed E-state index contributed by atoms with van der Waals surface area (Å²) >= 11 is 6.10. The Morgan fingerprint density at radius 2 is 1.68 bits per heavy atom. The number of amides is 1. The second-order valence-corrected chi connectivity index (χ2v) is 9.42. The summed E-state index contributed by atoms with van der Waals surface area (Å²) in [5, 5.41) is 12.2. The molecule has 38 heavy (non-hydrogen) atoms. The molecule has 0 saturated carbocycles. The summed E-state index contributed by atoms with van der Waals surface area (Å²) in [6.07, 6.45) is 0. The second-order valence-electron chi connectivity index (χ2n) is 8.99. The average molecular weight is 533 g/mol. The number of carbonyl (C=O) groups is 2. The zero-order valence-electron chi connectivity index (χ0n) is 21.2. The van der Waals surface area contributed by atoms with Crippen molar-refractivity contribution in [3.05, 3.63) is 94.4 Å². The molecule has 8 nitrogen and oxygen atoms in total. The molecule has 0 aliphatic carbocycles. The summed E-state index contributed by atoms with van der Waals surface area (Å²) in [7, 11) is 6.84. The molecule has 1 unspecified atom stereocenters. The van der Waals surface area contributed by atoms with Gasteiger partial charge >= 0.3 is 0 Å². The molecule has 2 heterocycles. The second kappa shape index (κ2) is 9.79. The Kier molecular flexibility index (Phi) is 6.50. The van der Waals surface area contributed by atoms with Gasteiger partial charge in [-0.05, 0) is 66.2 Å². The molecule has 4 aromatic rings. The molecule has 1 amide bonds. The van der Waals surface area contributed by atoms with Crippen molar-refractivity contribution in [3.8, 4) is 11.5 Å². The molecule has 1 aliphatic heterocycles. The van der Waals surface area contributed by atoms with Gasteiger partial charge in [-0.1, -0.05) is 17.7 Å². The van der Waals surface area contributed by atoms with E-state index in [1.54, 1.807) is 54.6 Å². The van der Waals surface area contributed by atoms with Crippen LogP contribution in [0.4, 0.5) is 11.4 Å². The minimum absolute atomic E-state index is 0.0214. The van der Waals surface area contributed by atoms with E-state index in [9.17, 15) is 14.7 Å². The molecule has 9 heteroatoms. The number of nitrogens with zero attached hydrogens (tertiary/aromatic N) is 2. The molecular formula is C29H25ClN2O6. The molecule has 0 fully saturated rings. The third kappa shape index (κ3) is 4.22. The van der Waals surface area contributed by atoms with Crippen LogP contribution in [-0.4, -0.2) is 45.1 Å². The molecule has 3 aromatic carbocycles. The Balaban J connectivity index is 1.66. The van der Waals surface area contributed by atoms with Crippen LogP contribution in [-0.2, 0) is 4.79 Å². The maximum Gasteiger partial charge on any atom is 0.294 e. The van der Waals surface area contributed by atoms with Crippen molar-refractivity contribution in [3.63, 3.8) is 0 Å². The first-order chi connectivity index (χ1) is 18.2. The van der Waals surface area contributed by atoms with Gasteiger partial charge in [-0.2, -0.15) is 0 Å². The highest BCUT2D eigenvalue weighted by molar-refractivity contribution is 6.31. The van der Waals surface area contributed by atoms with Crippen LogP contribution >= 0.6 is 11.6 Å². The molecule has 0 bridgehead atoms. The van der Waals surface area contributed by atoms with Gasteiger partial charge in [0, 0.05) is 35.9 Å². The van der Waals surface area contributed by atoms with Gasteiger partial charge in [-0.15, -0.1) is 0 Å². The van der Waals surface area contributed by atoms with E-state index in [1.165, 1.54) is 19.1 Å². The van der Waals surface area contributed by atoms with Crippen LogP contribution in [0.25, 0.3) is 11.0 Å². The van der Waals surface area contributed by atoms with Gasteiger partial charge in [0.2, 0.25) is 5.78 Å². The van der Waals surface area contributed by atoms with E-state index in [-0.39, 0.29) is 11.3 Å². The minimum atomic E-state index is -0.961. The number of hydrogen-bond donors (Lipinski definition) is 1. The molecule has 1 aromatic heterocycles. The van der Waals surface area contributed by atoms with Gasteiger partial charge in [0.05, 0.1) is 25.8 Å². The Morgan fingerprint density at radius 1 is 0.974 bits per heavy atom. The number of aliphatic hydroxyl groups is 1. The van der Waals surface area contributed by atoms with Crippen LogP contribution < -0.4 is 19.3 Å². The summed E-state index contributed by atoms with van der Waals surface area (Å²) in [6, 6.07) is 17.9. The van der Waals surface area contributed by atoms with E-state index in [0.717, 1.165) is 5.69 Å². The first kappa shape index (κ1) is 25.2. The normalized spacial score (nSPS) is 15.3. The highest BCUT2D eigenvalue weighted by Crippen LogP contribution is 2.44. The molecule has 1 atom stereocenters. The number of hydrogen-bond acceptors (Lipinski definition) is 7. The molecule has 0 saturated heterocycles. The third-order valence-electron chi connectivity index (χ3n) is 6.52. The Labute approximate surface area is 224 Å². The summed E-state index contributed by atoms with van der Waals surface area (Å²) in [5.74, 6) is -1.09. The van der Waals surface area contributed by atoms with E-state index in [0.29, 0.717) is 38.7 Å². The molecule has 1 aliphatic rings. The van der Waals surface area contributed by atoms with E-state index >= 15 is 0 Å². The predicted molar refractivity (Wildman–Crippen MR) is 146 cm³/mol. The quantitative estimate of drug-likeness (QED) is 0.294. The number of halogens is 1. The minimum Gasteiger partial charge on any atom is -0.503 e. The van der Waals surface area contributed by atoms with Gasteiger partial charge in [0.15, 0.2) is 23.0 Å². The number of rotatable bonds is 7. The lowest BCUT2D eigenvalue weighted by Crippen LogP contribution is -2.31. The van der Waals surface area contributed by atoms with Gasteiger partial charge in [-0.25, -0.2) is 0 Å². The fraction of sp³-hybridized carbons (Fsp3) is 0.172. The van der Waals surface area contributed by atoms with Gasteiger partial charge in [0.1, 0.15) is 5.58 Å². The zero-order valence-corrected chi connectivity index (χ0v) is 21.9. The molecule has 0 radical (unpaired) electrons. The van der Waals surface area contributed by atoms with Gasteiger partial charge in [-0.3, -0.25) is 14.5 Å². The number of benzene rings is 3. The van der Waals surface area contributed by atoms with Crippen LogP contribution in [0.5, 0.6) is 11.5 Å². The highest BCUT2D eigenvalue weighted by atomic mass is 35.5. The Morgan fingerprint density at radius 3 is 2.34 bits per heavy atom. The number of Topliss-reactive ketones (excluding diaryl/α,β-unsaturated/α-hetero) is 1. The van der Waals surface area contributed by atoms with Crippen molar-refractivity contribution in [2.75, 3.05) is 38.1 Å². The maximum atomic E-state index is 13.9. The fourth-order valence-corrected chi connectivity index (χ4v) is 4.79. The topological polar surface area (TPSA) is 92.5 Å². The first-order valence-corrected chi connectivity index (χ1v) is 12.1. The number of ketones is 1. The van der Waals surface area contributed by atoms with Crippen LogP contribution in [0.1, 0.15) is 22.2 Å². The van der Waals surface area contributed by atoms with Crippen LogP contribution in [0.15, 0.2) is 82.5 Å². The average Bonchev–Trinajstić information content (AvgIpc) is 3.46. The molecule has 194 valence electrons. The molecule has 0 spiro atoms. The van der Waals surface area contributed by atoms with Gasteiger partial charge < -0.3 is 23.9 Å². The fourth-order valence-electron chi connectivity index (χ4n) is 4.61. The van der Waals surface area contributed by atoms with Crippen molar-refractivity contribution < 1.29 is 28.6 Å². The van der Waals surface area contributed by atoms with Crippen molar-refractivity contribution in [2.24, 2.45) is 0 Å². The van der Waals surface area contributed by atoms with E-state index in [2.05, 4.69) is 0 Å². The van der Waals surface area contributed by atoms with Crippen molar-refractivity contribution >= 4 is 45.6 Å². The van der Waals surface area contributed by atoms with Crippen LogP contribution in [0, 0.1) is 0 Å². The number of ether oxygens (including phenoxy) is 2. The maximum absolute atomic E-state index is 13.9. The zero-order chi connectivity index (χ0) is 27.1. The van der Waals surface area contributed by atoms with Gasteiger partial charge in [0.25, 0.3) is 5.91 Å². The van der Waals surface area contributed by atoms with E-state index in [1.807, 2.05) is 31.1 Å².